The van der Waals surface area contributed by atoms with E-state index in [0.717, 1.165) is 44.2 Å². The summed E-state index contributed by atoms with van der Waals surface area (Å²) in [5, 5.41) is 12.9. The van der Waals surface area contributed by atoms with E-state index in [1.54, 1.807) is 12.1 Å². The molecular formula is C15H23NO2. The van der Waals surface area contributed by atoms with E-state index in [4.69, 9.17) is 4.74 Å². The number of ether oxygens (including phenoxy) is 1. The maximum absolute atomic E-state index is 9.52. The highest BCUT2D eigenvalue weighted by Crippen LogP contribution is 2.29. The highest BCUT2D eigenvalue weighted by molar-refractivity contribution is 5.55. The van der Waals surface area contributed by atoms with Crippen molar-refractivity contribution in [2.45, 2.75) is 32.6 Å². The van der Waals surface area contributed by atoms with Crippen LogP contribution in [0.2, 0.25) is 0 Å². The fourth-order valence-electron chi connectivity index (χ4n) is 1.92. The molecule has 1 fully saturated rings. The lowest BCUT2D eigenvalue weighted by atomic mass is 10.1. The molecule has 3 nitrogen and oxygen atoms in total. The van der Waals surface area contributed by atoms with Crippen molar-refractivity contribution in [3.8, 4) is 5.75 Å². The first-order valence-electron chi connectivity index (χ1n) is 6.93. The third-order valence-corrected chi connectivity index (χ3v) is 3.23. The Labute approximate surface area is 109 Å². The average molecular weight is 249 g/mol. The Balaban J connectivity index is 1.83. The van der Waals surface area contributed by atoms with Gasteiger partial charge < -0.3 is 15.2 Å². The van der Waals surface area contributed by atoms with Gasteiger partial charge in [0.25, 0.3) is 0 Å². The molecule has 2 N–H and O–H groups in total. The fraction of sp³-hybridized carbons (Fsp3) is 0.600. The largest absolute Gasteiger partial charge is 0.508 e. The van der Waals surface area contributed by atoms with E-state index in [9.17, 15) is 5.11 Å². The number of aromatic hydroxyl groups is 1. The van der Waals surface area contributed by atoms with E-state index < -0.39 is 0 Å². The zero-order valence-corrected chi connectivity index (χ0v) is 11.1. The molecule has 0 atom stereocenters. The van der Waals surface area contributed by atoms with E-state index in [1.807, 2.05) is 6.07 Å². The van der Waals surface area contributed by atoms with Gasteiger partial charge in [0.05, 0.1) is 6.61 Å². The van der Waals surface area contributed by atoms with Gasteiger partial charge in [-0.2, -0.15) is 0 Å². The summed E-state index contributed by atoms with van der Waals surface area (Å²) in [5.41, 5.74) is 2.25. The van der Waals surface area contributed by atoms with Gasteiger partial charge in [-0.25, -0.2) is 0 Å². The minimum absolute atomic E-state index is 0.316. The minimum Gasteiger partial charge on any atom is -0.508 e. The summed E-state index contributed by atoms with van der Waals surface area (Å²) >= 11 is 0. The second-order valence-corrected chi connectivity index (χ2v) is 5.04. The summed E-state index contributed by atoms with van der Waals surface area (Å²) in [7, 11) is 0. The second-order valence-electron chi connectivity index (χ2n) is 5.04. The molecule has 1 aromatic rings. The molecule has 0 aromatic heterocycles. The van der Waals surface area contributed by atoms with Crippen molar-refractivity contribution in [1.29, 1.82) is 0 Å². The smallest absolute Gasteiger partial charge is 0.117 e. The summed E-state index contributed by atoms with van der Waals surface area (Å²) in [6, 6.07) is 5.52. The van der Waals surface area contributed by atoms with Crippen LogP contribution in [0.25, 0.3) is 0 Å². The molecule has 0 radical (unpaired) electrons. The van der Waals surface area contributed by atoms with Crippen LogP contribution in [0.15, 0.2) is 18.2 Å². The monoisotopic (exact) mass is 249 g/mol. The van der Waals surface area contributed by atoms with Gasteiger partial charge in [0.15, 0.2) is 0 Å². The minimum atomic E-state index is 0.316. The van der Waals surface area contributed by atoms with Gasteiger partial charge in [0.1, 0.15) is 5.75 Å². The SMILES string of the molecule is CCCNc1cc(O)ccc1CCOCC1CC1. The number of hydrogen-bond donors (Lipinski definition) is 2. The van der Waals surface area contributed by atoms with Crippen LogP contribution < -0.4 is 5.32 Å². The quantitative estimate of drug-likeness (QED) is 0.695. The molecular weight excluding hydrogens is 226 g/mol. The van der Waals surface area contributed by atoms with Gasteiger partial charge >= 0.3 is 0 Å². The number of anilines is 1. The highest BCUT2D eigenvalue weighted by Gasteiger charge is 2.20. The van der Waals surface area contributed by atoms with E-state index in [1.165, 1.54) is 18.4 Å². The van der Waals surface area contributed by atoms with Crippen molar-refractivity contribution in [3.05, 3.63) is 23.8 Å². The lowest BCUT2D eigenvalue weighted by Crippen LogP contribution is -2.06. The van der Waals surface area contributed by atoms with Gasteiger partial charge in [-0.1, -0.05) is 13.0 Å². The second kappa shape index (κ2) is 6.64. The molecule has 0 heterocycles. The molecule has 18 heavy (non-hydrogen) atoms. The van der Waals surface area contributed by atoms with Gasteiger partial charge in [0.2, 0.25) is 0 Å². The number of phenols is 1. The predicted molar refractivity (Wildman–Crippen MR) is 74.1 cm³/mol. The molecule has 0 saturated heterocycles. The molecule has 1 aliphatic carbocycles. The van der Waals surface area contributed by atoms with Crippen LogP contribution in [0.5, 0.6) is 5.75 Å². The van der Waals surface area contributed by atoms with Crippen LogP contribution in [0.1, 0.15) is 31.7 Å². The molecule has 100 valence electrons. The molecule has 3 heteroatoms. The van der Waals surface area contributed by atoms with Crippen LogP contribution in [-0.2, 0) is 11.2 Å². The Bertz CT molecular complexity index is 375. The van der Waals surface area contributed by atoms with Crippen molar-refractivity contribution in [2.75, 3.05) is 25.1 Å². The Morgan fingerprint density at radius 3 is 2.94 bits per heavy atom. The van der Waals surface area contributed by atoms with Crippen molar-refractivity contribution >= 4 is 5.69 Å². The third kappa shape index (κ3) is 4.22. The maximum Gasteiger partial charge on any atom is 0.117 e. The molecule has 2 rings (SSSR count). The van der Waals surface area contributed by atoms with Crippen molar-refractivity contribution in [3.63, 3.8) is 0 Å². The third-order valence-electron chi connectivity index (χ3n) is 3.23. The Hall–Kier alpha value is -1.22. The number of rotatable bonds is 8. The summed E-state index contributed by atoms with van der Waals surface area (Å²) in [5.74, 6) is 1.14. The number of phenolic OH excluding ortho intramolecular Hbond substituents is 1. The average Bonchev–Trinajstić information content (AvgIpc) is 3.18. The van der Waals surface area contributed by atoms with Crippen LogP contribution in [0, 0.1) is 5.92 Å². The Morgan fingerprint density at radius 2 is 2.22 bits per heavy atom. The van der Waals surface area contributed by atoms with E-state index in [2.05, 4.69) is 12.2 Å². The molecule has 1 aliphatic rings. The van der Waals surface area contributed by atoms with E-state index in [-0.39, 0.29) is 0 Å². The molecule has 0 aliphatic heterocycles. The Morgan fingerprint density at radius 1 is 1.39 bits per heavy atom. The Kier molecular flexibility index (Phi) is 4.88. The molecule has 1 saturated carbocycles. The number of nitrogens with one attached hydrogen (secondary N) is 1. The number of hydrogen-bond acceptors (Lipinski definition) is 3. The molecule has 0 spiro atoms. The van der Waals surface area contributed by atoms with E-state index in [0.29, 0.717) is 5.75 Å². The summed E-state index contributed by atoms with van der Waals surface area (Å²) in [4.78, 5) is 0. The molecule has 0 amide bonds. The van der Waals surface area contributed by atoms with Crippen molar-refractivity contribution < 1.29 is 9.84 Å². The molecule has 0 bridgehead atoms. The summed E-state index contributed by atoms with van der Waals surface area (Å²) in [6.07, 6.45) is 4.65. The summed E-state index contributed by atoms with van der Waals surface area (Å²) in [6.45, 7) is 4.74. The normalized spacial score (nSPS) is 14.7. The topological polar surface area (TPSA) is 41.5 Å². The standard InChI is InChI=1S/C15H23NO2/c1-2-8-16-15-10-14(17)6-5-13(15)7-9-18-11-12-3-4-12/h5-6,10,12,16-17H,2-4,7-9,11H2,1H3. The zero-order valence-electron chi connectivity index (χ0n) is 11.1. The van der Waals surface area contributed by atoms with Crippen molar-refractivity contribution in [1.82, 2.24) is 0 Å². The van der Waals surface area contributed by atoms with Crippen LogP contribution in [0.4, 0.5) is 5.69 Å². The first kappa shape index (κ1) is 13.2. The van der Waals surface area contributed by atoms with Crippen LogP contribution >= 0.6 is 0 Å². The lowest BCUT2D eigenvalue weighted by molar-refractivity contribution is 0.127. The predicted octanol–water partition coefficient (Wildman–Crippen LogP) is 3.18. The fourth-order valence-corrected chi connectivity index (χ4v) is 1.92. The van der Waals surface area contributed by atoms with Crippen LogP contribution in [0.3, 0.4) is 0 Å². The number of benzene rings is 1. The first-order valence-corrected chi connectivity index (χ1v) is 6.93. The molecule has 1 aromatic carbocycles. The van der Waals surface area contributed by atoms with Gasteiger partial charge in [-0.15, -0.1) is 0 Å². The lowest BCUT2D eigenvalue weighted by Gasteiger charge is -2.12. The first-order chi connectivity index (χ1) is 8.79. The van der Waals surface area contributed by atoms with E-state index >= 15 is 0 Å². The van der Waals surface area contributed by atoms with Gasteiger partial charge in [-0.05, 0) is 43.2 Å². The van der Waals surface area contributed by atoms with Gasteiger partial charge in [0, 0.05) is 24.9 Å². The van der Waals surface area contributed by atoms with Crippen molar-refractivity contribution in [2.24, 2.45) is 5.92 Å². The maximum atomic E-state index is 9.52. The summed E-state index contributed by atoms with van der Waals surface area (Å²) < 4.78 is 5.66. The zero-order chi connectivity index (χ0) is 12.8. The van der Waals surface area contributed by atoms with Crippen LogP contribution in [-0.4, -0.2) is 24.9 Å². The highest BCUT2D eigenvalue weighted by atomic mass is 16.5. The molecule has 0 unspecified atom stereocenters. The van der Waals surface area contributed by atoms with Gasteiger partial charge in [-0.3, -0.25) is 0 Å².